The molecule has 8 nitrogen and oxygen atoms in total. The van der Waals surface area contributed by atoms with Crippen LogP contribution in [0.5, 0.6) is 17.2 Å². The van der Waals surface area contributed by atoms with E-state index in [1.807, 2.05) is 31.2 Å². The molecule has 1 saturated heterocycles. The highest BCUT2D eigenvalue weighted by Crippen LogP contribution is 2.44. The quantitative estimate of drug-likeness (QED) is 0.286. The molecule has 0 spiro atoms. The van der Waals surface area contributed by atoms with Gasteiger partial charge in [0.25, 0.3) is 0 Å². The third-order valence-corrected chi connectivity index (χ3v) is 7.94. The average Bonchev–Trinajstić information content (AvgIpc) is 3.30. The Morgan fingerprint density at radius 1 is 0.881 bits per heavy atom. The Hall–Kier alpha value is -3.91. The molecule has 0 bridgehead atoms. The van der Waals surface area contributed by atoms with Crippen molar-refractivity contribution >= 4 is 17.3 Å². The molecule has 2 heterocycles. The van der Waals surface area contributed by atoms with Crippen LogP contribution in [0.15, 0.2) is 60.7 Å². The van der Waals surface area contributed by atoms with Gasteiger partial charge >= 0.3 is 5.97 Å². The van der Waals surface area contributed by atoms with E-state index >= 15 is 0 Å². The Morgan fingerprint density at radius 2 is 1.45 bits per heavy atom. The number of esters is 1. The van der Waals surface area contributed by atoms with Crippen LogP contribution in [-0.4, -0.2) is 70.0 Å². The molecule has 3 aromatic carbocycles. The molecule has 2 aliphatic heterocycles. The van der Waals surface area contributed by atoms with Gasteiger partial charge in [-0.1, -0.05) is 24.3 Å². The SMILES string of the molecule is CCOC(=O)CN1CCN(c2cc3c(cc2N(Cc2ccc(OC)cc2)Cc2ccc(OC)cc2)CC(C)(C)O3)CC1. The second-order valence-corrected chi connectivity index (χ2v) is 11.6. The van der Waals surface area contributed by atoms with Gasteiger partial charge in [-0.2, -0.15) is 0 Å². The first-order valence-corrected chi connectivity index (χ1v) is 14.8. The van der Waals surface area contributed by atoms with E-state index in [2.05, 4.69) is 64.9 Å². The summed E-state index contributed by atoms with van der Waals surface area (Å²) in [5.41, 5.74) is 5.73. The van der Waals surface area contributed by atoms with Gasteiger partial charge in [-0.25, -0.2) is 0 Å². The Bertz CT molecular complexity index is 1300. The molecule has 0 radical (unpaired) electrons. The largest absolute Gasteiger partial charge is 0.497 e. The van der Waals surface area contributed by atoms with Crippen molar-refractivity contribution in [1.82, 2.24) is 4.90 Å². The van der Waals surface area contributed by atoms with E-state index in [1.165, 1.54) is 22.4 Å². The monoisotopic (exact) mass is 573 g/mol. The van der Waals surface area contributed by atoms with Gasteiger partial charge in [0.1, 0.15) is 22.8 Å². The lowest BCUT2D eigenvalue weighted by molar-refractivity contribution is -0.144. The van der Waals surface area contributed by atoms with Gasteiger partial charge in [0.15, 0.2) is 0 Å². The molecule has 2 aliphatic rings. The molecule has 0 saturated carbocycles. The standard InChI is InChI=1S/C34H43N3O5/c1-6-41-33(38)24-35-15-17-36(18-16-35)31-20-32-27(21-34(2,3)42-32)19-30(31)37(22-25-7-11-28(39-4)12-8-25)23-26-9-13-29(40-5)14-10-26/h7-14,19-20H,6,15-18,21-24H2,1-5H3. The molecular weight excluding hydrogens is 530 g/mol. The Morgan fingerprint density at radius 3 is 1.98 bits per heavy atom. The number of hydrogen-bond donors (Lipinski definition) is 0. The van der Waals surface area contributed by atoms with E-state index in [0.717, 1.165) is 68.6 Å². The fraction of sp³-hybridized carbons (Fsp3) is 0.441. The van der Waals surface area contributed by atoms with Crippen LogP contribution in [0.1, 0.15) is 37.5 Å². The van der Waals surface area contributed by atoms with Crippen molar-refractivity contribution in [3.05, 3.63) is 77.4 Å². The van der Waals surface area contributed by atoms with Crippen LogP contribution in [0.4, 0.5) is 11.4 Å². The summed E-state index contributed by atoms with van der Waals surface area (Å²) in [5, 5.41) is 0. The van der Waals surface area contributed by atoms with E-state index in [0.29, 0.717) is 13.2 Å². The lowest BCUT2D eigenvalue weighted by atomic mass is 10.00. The normalized spacial score (nSPS) is 16.0. The molecule has 0 N–H and O–H groups in total. The predicted molar refractivity (Wildman–Crippen MR) is 166 cm³/mol. The van der Waals surface area contributed by atoms with Crippen molar-refractivity contribution in [2.24, 2.45) is 0 Å². The van der Waals surface area contributed by atoms with Crippen molar-refractivity contribution in [1.29, 1.82) is 0 Å². The third-order valence-electron chi connectivity index (χ3n) is 7.94. The van der Waals surface area contributed by atoms with E-state index in [-0.39, 0.29) is 11.6 Å². The minimum atomic E-state index is -0.243. The molecule has 224 valence electrons. The van der Waals surface area contributed by atoms with Gasteiger partial charge in [-0.15, -0.1) is 0 Å². The van der Waals surface area contributed by atoms with Crippen molar-refractivity contribution < 1.29 is 23.7 Å². The van der Waals surface area contributed by atoms with Crippen LogP contribution in [-0.2, 0) is 29.0 Å². The smallest absolute Gasteiger partial charge is 0.320 e. The van der Waals surface area contributed by atoms with Crippen LogP contribution in [0.2, 0.25) is 0 Å². The zero-order valence-corrected chi connectivity index (χ0v) is 25.5. The number of rotatable bonds is 11. The summed E-state index contributed by atoms with van der Waals surface area (Å²) in [6, 6.07) is 21.2. The van der Waals surface area contributed by atoms with Crippen molar-refractivity contribution in [2.45, 2.75) is 45.9 Å². The first-order chi connectivity index (χ1) is 20.3. The summed E-state index contributed by atoms with van der Waals surface area (Å²) < 4.78 is 22.4. The summed E-state index contributed by atoms with van der Waals surface area (Å²) in [4.78, 5) is 19.2. The molecular formula is C34H43N3O5. The zero-order valence-electron chi connectivity index (χ0n) is 25.5. The van der Waals surface area contributed by atoms with Crippen molar-refractivity contribution in [3.63, 3.8) is 0 Å². The van der Waals surface area contributed by atoms with Gasteiger partial charge in [0.05, 0.1) is 38.7 Å². The average molecular weight is 574 g/mol. The predicted octanol–water partition coefficient (Wildman–Crippen LogP) is 5.31. The number of ether oxygens (including phenoxy) is 4. The molecule has 0 unspecified atom stereocenters. The fourth-order valence-electron chi connectivity index (χ4n) is 5.80. The maximum atomic E-state index is 12.1. The number of benzene rings is 3. The summed E-state index contributed by atoms with van der Waals surface area (Å²) in [6.07, 6.45) is 0.863. The third kappa shape index (κ3) is 7.10. The second-order valence-electron chi connectivity index (χ2n) is 11.6. The lowest BCUT2D eigenvalue weighted by Gasteiger charge is -2.38. The molecule has 0 amide bonds. The highest BCUT2D eigenvalue weighted by molar-refractivity contribution is 5.76. The Labute approximate surface area is 249 Å². The van der Waals surface area contributed by atoms with Gasteiger partial charge in [0, 0.05) is 57.3 Å². The number of piperazine rings is 1. The summed E-state index contributed by atoms with van der Waals surface area (Å²) in [5.74, 6) is 2.49. The summed E-state index contributed by atoms with van der Waals surface area (Å²) in [7, 11) is 3.38. The van der Waals surface area contributed by atoms with Gasteiger partial charge in [0.2, 0.25) is 0 Å². The van der Waals surface area contributed by atoms with Crippen molar-refractivity contribution in [2.75, 3.05) is 63.4 Å². The zero-order chi connectivity index (χ0) is 29.7. The number of anilines is 2. The first-order valence-electron chi connectivity index (χ1n) is 14.8. The molecule has 0 aromatic heterocycles. The maximum Gasteiger partial charge on any atom is 0.320 e. The molecule has 0 atom stereocenters. The van der Waals surface area contributed by atoms with Gasteiger partial charge in [-0.05, 0) is 62.2 Å². The lowest BCUT2D eigenvalue weighted by Crippen LogP contribution is -2.48. The molecule has 42 heavy (non-hydrogen) atoms. The number of hydrogen-bond acceptors (Lipinski definition) is 8. The number of carbonyl (C=O) groups excluding carboxylic acids is 1. The van der Waals surface area contributed by atoms with E-state index in [9.17, 15) is 4.79 Å². The van der Waals surface area contributed by atoms with E-state index in [1.54, 1.807) is 14.2 Å². The molecule has 0 aliphatic carbocycles. The number of methoxy groups -OCH3 is 2. The first kappa shape index (κ1) is 29.6. The Balaban J connectivity index is 1.48. The van der Waals surface area contributed by atoms with Crippen LogP contribution in [0.25, 0.3) is 0 Å². The number of fused-ring (bicyclic) bond motifs is 1. The highest BCUT2D eigenvalue weighted by atomic mass is 16.5. The molecule has 3 aromatic rings. The molecule has 5 rings (SSSR count). The fourth-order valence-corrected chi connectivity index (χ4v) is 5.80. The molecule has 8 heteroatoms. The van der Waals surface area contributed by atoms with Crippen LogP contribution in [0.3, 0.4) is 0 Å². The maximum absolute atomic E-state index is 12.1. The topological polar surface area (TPSA) is 63.7 Å². The van der Waals surface area contributed by atoms with Gasteiger partial charge in [-0.3, -0.25) is 9.69 Å². The van der Waals surface area contributed by atoms with Crippen LogP contribution >= 0.6 is 0 Å². The number of carbonyl (C=O) groups is 1. The van der Waals surface area contributed by atoms with Crippen LogP contribution in [0, 0.1) is 0 Å². The summed E-state index contributed by atoms with van der Waals surface area (Å²) >= 11 is 0. The minimum Gasteiger partial charge on any atom is -0.497 e. The van der Waals surface area contributed by atoms with E-state index in [4.69, 9.17) is 18.9 Å². The summed E-state index contributed by atoms with van der Waals surface area (Å²) in [6.45, 7) is 11.5. The van der Waals surface area contributed by atoms with Gasteiger partial charge < -0.3 is 28.7 Å². The Kier molecular flexibility index (Phi) is 9.12. The molecule has 1 fully saturated rings. The van der Waals surface area contributed by atoms with E-state index < -0.39 is 0 Å². The minimum absolute atomic E-state index is 0.162. The second kappa shape index (κ2) is 12.9. The van der Waals surface area contributed by atoms with Crippen molar-refractivity contribution in [3.8, 4) is 17.2 Å². The number of nitrogens with zero attached hydrogens (tertiary/aromatic N) is 3. The van der Waals surface area contributed by atoms with Crippen LogP contribution < -0.4 is 24.0 Å². The highest BCUT2D eigenvalue weighted by Gasteiger charge is 2.33.